The van der Waals surface area contributed by atoms with Crippen LogP contribution in [0.5, 0.6) is 0 Å². The van der Waals surface area contributed by atoms with E-state index in [1.165, 1.54) is 24.8 Å². The largest absolute Gasteiger partial charge is 0.371 e. The van der Waals surface area contributed by atoms with E-state index in [0.29, 0.717) is 12.7 Å². The van der Waals surface area contributed by atoms with Crippen molar-refractivity contribution in [2.75, 3.05) is 13.2 Å². The molecule has 2 aliphatic heterocycles. The lowest BCUT2D eigenvalue weighted by Crippen LogP contribution is -2.51. The molecule has 3 nitrogen and oxygen atoms in total. The summed E-state index contributed by atoms with van der Waals surface area (Å²) in [5, 5.41) is 0. The molecule has 0 radical (unpaired) electrons. The van der Waals surface area contributed by atoms with Gasteiger partial charge in [0.1, 0.15) is 0 Å². The van der Waals surface area contributed by atoms with Crippen molar-refractivity contribution in [3.05, 3.63) is 11.6 Å². The van der Waals surface area contributed by atoms with Gasteiger partial charge in [-0.15, -0.1) is 0 Å². The van der Waals surface area contributed by atoms with Crippen LogP contribution in [0.3, 0.4) is 0 Å². The highest BCUT2D eigenvalue weighted by molar-refractivity contribution is 5.30. The zero-order valence-electron chi connectivity index (χ0n) is 7.01. The Morgan fingerprint density at radius 2 is 2.58 bits per heavy atom. The number of ether oxygens (including phenoxy) is 1. The van der Waals surface area contributed by atoms with Gasteiger partial charge in [-0.2, -0.15) is 5.48 Å². The van der Waals surface area contributed by atoms with E-state index in [0.717, 1.165) is 6.61 Å². The van der Waals surface area contributed by atoms with Crippen molar-refractivity contribution in [2.45, 2.75) is 30.9 Å². The first-order chi connectivity index (χ1) is 5.92. The second kappa shape index (κ2) is 2.31. The van der Waals surface area contributed by atoms with Crippen molar-refractivity contribution in [2.24, 2.45) is 0 Å². The maximum absolute atomic E-state index is 5.70. The molecule has 1 spiro atoms. The number of rotatable bonds is 0. The lowest BCUT2D eigenvalue weighted by molar-refractivity contribution is -0.0310. The molecule has 2 atom stereocenters. The smallest absolute Gasteiger partial charge is 0.0925 e. The predicted molar refractivity (Wildman–Crippen MR) is 43.5 cm³/mol. The first-order valence-corrected chi connectivity index (χ1v) is 4.62. The average molecular weight is 167 g/mol. The van der Waals surface area contributed by atoms with Gasteiger partial charge in [-0.1, -0.05) is 6.08 Å². The Labute approximate surface area is 71.7 Å². The molecule has 2 heterocycles. The lowest BCUT2D eigenvalue weighted by Gasteiger charge is -2.32. The number of hydrogen-bond acceptors (Lipinski definition) is 3. The second-order valence-corrected chi connectivity index (χ2v) is 3.81. The van der Waals surface area contributed by atoms with Gasteiger partial charge in [0.25, 0.3) is 0 Å². The summed E-state index contributed by atoms with van der Waals surface area (Å²) < 4.78 is 5.70. The second-order valence-electron chi connectivity index (χ2n) is 3.81. The number of nitrogens with one attached hydrogen (secondary N) is 1. The van der Waals surface area contributed by atoms with Gasteiger partial charge in [0, 0.05) is 0 Å². The van der Waals surface area contributed by atoms with Crippen molar-refractivity contribution >= 4 is 0 Å². The van der Waals surface area contributed by atoms with Gasteiger partial charge < -0.3 is 4.74 Å². The molecule has 0 amide bonds. The van der Waals surface area contributed by atoms with E-state index in [1.807, 2.05) is 0 Å². The van der Waals surface area contributed by atoms with E-state index in [1.54, 1.807) is 0 Å². The van der Waals surface area contributed by atoms with E-state index in [4.69, 9.17) is 9.57 Å². The van der Waals surface area contributed by atoms with E-state index in [9.17, 15) is 0 Å². The summed E-state index contributed by atoms with van der Waals surface area (Å²) >= 11 is 0. The molecule has 1 aliphatic carbocycles. The van der Waals surface area contributed by atoms with Crippen LogP contribution in [0.4, 0.5) is 0 Å². The first kappa shape index (κ1) is 7.06. The molecule has 1 N–H and O–H groups in total. The van der Waals surface area contributed by atoms with Crippen molar-refractivity contribution in [1.82, 2.24) is 5.48 Å². The number of hydroxylamine groups is 1. The molecule has 0 unspecified atom stereocenters. The van der Waals surface area contributed by atoms with Crippen LogP contribution in [0.15, 0.2) is 11.6 Å². The average Bonchev–Trinajstić information content (AvgIpc) is 2.59. The fourth-order valence-corrected chi connectivity index (χ4v) is 2.62. The molecule has 1 saturated carbocycles. The van der Waals surface area contributed by atoms with Crippen molar-refractivity contribution < 1.29 is 9.57 Å². The molecule has 0 bridgehead atoms. The van der Waals surface area contributed by atoms with Gasteiger partial charge in [0.2, 0.25) is 0 Å². The maximum Gasteiger partial charge on any atom is 0.0925 e. The van der Waals surface area contributed by atoms with Crippen LogP contribution in [-0.4, -0.2) is 24.9 Å². The normalized spacial score (nSPS) is 45.3. The molecule has 66 valence electrons. The van der Waals surface area contributed by atoms with Crippen LogP contribution in [0.1, 0.15) is 19.3 Å². The number of hydrogen-bond donors (Lipinski definition) is 1. The summed E-state index contributed by atoms with van der Waals surface area (Å²) in [6, 6.07) is 0. The molecule has 3 aliphatic rings. The molecule has 0 aromatic rings. The zero-order chi connectivity index (χ0) is 8.02. The van der Waals surface area contributed by atoms with Crippen molar-refractivity contribution in [3.63, 3.8) is 0 Å². The molecule has 3 rings (SSSR count). The van der Waals surface area contributed by atoms with Crippen LogP contribution >= 0.6 is 0 Å². The Morgan fingerprint density at radius 1 is 1.58 bits per heavy atom. The zero-order valence-corrected chi connectivity index (χ0v) is 7.01. The first-order valence-electron chi connectivity index (χ1n) is 4.62. The van der Waals surface area contributed by atoms with Crippen LogP contribution in [0, 0.1) is 0 Å². The van der Waals surface area contributed by atoms with Crippen LogP contribution in [0.2, 0.25) is 0 Å². The minimum absolute atomic E-state index is 0.0677. The Balaban J connectivity index is 2.03. The fraction of sp³-hybridized carbons (Fsp3) is 0.778. The molecule has 12 heavy (non-hydrogen) atoms. The Hall–Kier alpha value is -0.380. The SMILES string of the molecule is C1=C2CO[C@H]3CCC[C@@]23NOC1. The highest BCUT2D eigenvalue weighted by Gasteiger charge is 2.52. The van der Waals surface area contributed by atoms with Crippen LogP contribution in [0.25, 0.3) is 0 Å². The highest BCUT2D eigenvalue weighted by atomic mass is 16.7. The van der Waals surface area contributed by atoms with Gasteiger partial charge in [0.15, 0.2) is 0 Å². The Morgan fingerprint density at radius 3 is 3.58 bits per heavy atom. The topological polar surface area (TPSA) is 30.5 Å². The minimum Gasteiger partial charge on any atom is -0.371 e. The summed E-state index contributed by atoms with van der Waals surface area (Å²) in [5.41, 5.74) is 4.64. The summed E-state index contributed by atoms with van der Waals surface area (Å²) in [6.45, 7) is 1.49. The molecule has 1 saturated heterocycles. The van der Waals surface area contributed by atoms with E-state index >= 15 is 0 Å². The van der Waals surface area contributed by atoms with Crippen molar-refractivity contribution in [3.8, 4) is 0 Å². The molecular formula is C9H13NO2. The van der Waals surface area contributed by atoms with E-state index in [-0.39, 0.29) is 5.54 Å². The summed E-state index contributed by atoms with van der Waals surface area (Å²) in [5.74, 6) is 0. The summed E-state index contributed by atoms with van der Waals surface area (Å²) in [7, 11) is 0. The van der Waals surface area contributed by atoms with Gasteiger partial charge in [-0.05, 0) is 24.8 Å². The van der Waals surface area contributed by atoms with Crippen LogP contribution < -0.4 is 5.48 Å². The summed E-state index contributed by atoms with van der Waals surface area (Å²) in [6.07, 6.45) is 6.13. The van der Waals surface area contributed by atoms with Gasteiger partial charge in [-0.3, -0.25) is 4.84 Å². The Bertz CT molecular complexity index is 239. The predicted octanol–water partition coefficient (Wildman–Crippen LogP) is 0.769. The summed E-state index contributed by atoms with van der Waals surface area (Å²) in [4.78, 5) is 5.28. The fourth-order valence-electron chi connectivity index (χ4n) is 2.62. The van der Waals surface area contributed by atoms with Gasteiger partial charge in [-0.25, -0.2) is 0 Å². The highest BCUT2D eigenvalue weighted by Crippen LogP contribution is 2.44. The molecule has 3 heteroatoms. The van der Waals surface area contributed by atoms with E-state index < -0.39 is 0 Å². The maximum atomic E-state index is 5.70. The standard InChI is InChI=1S/C9H13NO2/c1-2-8-9(4-1)7(6-11-8)3-5-12-10-9/h3,8,10H,1-2,4-6H2/t8-,9+/m0/s1. The third-order valence-electron chi connectivity index (χ3n) is 3.27. The van der Waals surface area contributed by atoms with Gasteiger partial charge >= 0.3 is 0 Å². The monoisotopic (exact) mass is 167 g/mol. The van der Waals surface area contributed by atoms with Crippen molar-refractivity contribution in [1.29, 1.82) is 0 Å². The van der Waals surface area contributed by atoms with E-state index in [2.05, 4.69) is 11.6 Å². The third-order valence-corrected chi connectivity index (χ3v) is 3.27. The van der Waals surface area contributed by atoms with Gasteiger partial charge in [0.05, 0.1) is 24.9 Å². The molecule has 0 aromatic carbocycles. The Kier molecular flexibility index (Phi) is 1.36. The quantitative estimate of drug-likeness (QED) is 0.540. The molecular weight excluding hydrogens is 154 g/mol. The molecule has 2 fully saturated rings. The van der Waals surface area contributed by atoms with Crippen LogP contribution in [-0.2, 0) is 9.57 Å². The minimum atomic E-state index is 0.0677. The third kappa shape index (κ3) is 0.715. The molecule has 0 aromatic heterocycles. The lowest BCUT2D eigenvalue weighted by atomic mass is 9.89.